The first kappa shape index (κ1) is 33.0. The van der Waals surface area contributed by atoms with Gasteiger partial charge in [0.15, 0.2) is 12.6 Å². The molecule has 5 N–H and O–H groups in total. The molecule has 0 amide bonds. The van der Waals surface area contributed by atoms with E-state index < -0.39 is 49.2 Å². The molecule has 2 saturated heterocycles. The summed E-state index contributed by atoms with van der Waals surface area (Å²) in [5, 5.41) is 50.5. The lowest BCUT2D eigenvalue weighted by molar-refractivity contribution is -0.270. The molecule has 0 bridgehead atoms. The molecule has 2 aliphatic carbocycles. The quantitative estimate of drug-likeness (QED) is 0.242. The van der Waals surface area contributed by atoms with Crippen LogP contribution in [0.4, 0.5) is 0 Å². The summed E-state index contributed by atoms with van der Waals surface area (Å²) in [6.07, 6.45) is -0.375. The monoisotopic (exact) mass is 584 g/mol. The number of fused-ring (bicyclic) bond motifs is 1. The van der Waals surface area contributed by atoms with Gasteiger partial charge in [-0.1, -0.05) is 44.6 Å². The van der Waals surface area contributed by atoms with E-state index in [2.05, 4.69) is 34.3 Å². The van der Waals surface area contributed by atoms with Gasteiger partial charge in [-0.05, 0) is 68.1 Å². The van der Waals surface area contributed by atoms with Gasteiger partial charge in [-0.3, -0.25) is 0 Å². The minimum atomic E-state index is -1.19. The molecule has 2 saturated carbocycles. The smallest absolute Gasteiger partial charge is 0.186 e. The molecule has 4 aliphatic rings. The minimum Gasteiger partial charge on any atom is -0.394 e. The van der Waals surface area contributed by atoms with Gasteiger partial charge in [0, 0.05) is 7.11 Å². The summed E-state index contributed by atoms with van der Waals surface area (Å²) in [5.41, 5.74) is 2.34. The second kappa shape index (κ2) is 13.4. The molecule has 10 nitrogen and oxygen atoms in total. The molecular weight excluding hydrogens is 532 g/mol. The van der Waals surface area contributed by atoms with Crippen molar-refractivity contribution in [2.45, 2.75) is 122 Å². The fraction of sp³-hybridized carbons (Fsp3) is 0.871. The Kier molecular flexibility index (Phi) is 10.8. The van der Waals surface area contributed by atoms with Crippen LogP contribution in [0.1, 0.15) is 66.2 Å². The standard InChI is InChI=1S/C31H52O10/c1-17(12-14-38-28-26(35)25(34)21(37-6)16-39-28)7-9-19-18(2)8-10-22-30(3,4)23(11-13-31(19,22)5)41-29-27(36)24(33)20(15-32)40-29/h12,19-29,32-36H,2,7-11,13-16H2,1,3-6H3/b17-12+/t19-,20+,21-,22+,23+,24-,25-,26+,27-,28+,29-,31-/m1/s1. The van der Waals surface area contributed by atoms with E-state index >= 15 is 0 Å². The van der Waals surface area contributed by atoms with E-state index in [4.69, 9.17) is 23.7 Å². The van der Waals surface area contributed by atoms with Crippen molar-refractivity contribution in [3.05, 3.63) is 23.8 Å². The number of allylic oxidation sites excluding steroid dienone is 2. The Bertz CT molecular complexity index is 923. The molecule has 41 heavy (non-hydrogen) atoms. The lowest BCUT2D eigenvalue weighted by Gasteiger charge is -2.60. The number of ether oxygens (including phenoxy) is 5. The van der Waals surface area contributed by atoms with Gasteiger partial charge in [0.05, 0.1) is 25.9 Å². The van der Waals surface area contributed by atoms with Gasteiger partial charge in [0.1, 0.15) is 36.6 Å². The molecule has 4 fully saturated rings. The number of rotatable bonds is 10. The lowest BCUT2D eigenvalue weighted by Crippen LogP contribution is -2.56. The van der Waals surface area contributed by atoms with Gasteiger partial charge in [-0.15, -0.1) is 0 Å². The topological polar surface area (TPSA) is 147 Å². The molecule has 0 aromatic heterocycles. The summed E-state index contributed by atoms with van der Waals surface area (Å²) >= 11 is 0. The predicted octanol–water partition coefficient (Wildman–Crippen LogP) is 2.06. The number of aliphatic hydroxyl groups is 5. The Morgan fingerprint density at radius 2 is 1.76 bits per heavy atom. The lowest BCUT2D eigenvalue weighted by atomic mass is 9.46. The number of methoxy groups -OCH3 is 1. The number of aliphatic hydroxyl groups excluding tert-OH is 5. The Hall–Kier alpha value is -0.920. The second-order valence-corrected chi connectivity index (χ2v) is 13.4. The van der Waals surface area contributed by atoms with Crippen molar-refractivity contribution in [2.24, 2.45) is 22.7 Å². The van der Waals surface area contributed by atoms with Crippen LogP contribution in [-0.4, -0.2) is 108 Å². The average molecular weight is 585 g/mol. The Labute approximate surface area is 244 Å². The summed E-state index contributed by atoms with van der Waals surface area (Å²) in [6.45, 7) is 13.5. The molecule has 2 heterocycles. The van der Waals surface area contributed by atoms with Crippen molar-refractivity contribution in [3.8, 4) is 0 Å². The maximum absolute atomic E-state index is 10.5. The molecule has 4 rings (SSSR count). The summed E-state index contributed by atoms with van der Waals surface area (Å²) in [6, 6.07) is 0. The molecule has 0 spiro atoms. The van der Waals surface area contributed by atoms with Crippen LogP contribution in [0.3, 0.4) is 0 Å². The number of hydrogen-bond acceptors (Lipinski definition) is 10. The first-order valence-electron chi connectivity index (χ1n) is 15.1. The molecule has 0 aromatic carbocycles. The van der Waals surface area contributed by atoms with Crippen LogP contribution >= 0.6 is 0 Å². The molecule has 0 radical (unpaired) electrons. The highest BCUT2D eigenvalue weighted by molar-refractivity contribution is 5.18. The van der Waals surface area contributed by atoms with E-state index in [0.717, 1.165) is 38.5 Å². The molecular formula is C31H52O10. The van der Waals surface area contributed by atoms with Crippen LogP contribution < -0.4 is 0 Å². The molecule has 0 aromatic rings. The van der Waals surface area contributed by atoms with Crippen LogP contribution in [-0.2, 0) is 23.7 Å². The molecule has 12 atom stereocenters. The van der Waals surface area contributed by atoms with Crippen molar-refractivity contribution < 1.29 is 49.2 Å². The molecule has 2 aliphatic heterocycles. The van der Waals surface area contributed by atoms with Crippen LogP contribution in [0.25, 0.3) is 0 Å². The van der Waals surface area contributed by atoms with E-state index in [1.54, 1.807) is 0 Å². The van der Waals surface area contributed by atoms with Crippen LogP contribution in [0, 0.1) is 22.7 Å². The SMILES string of the molecule is C=C1CC[C@H]2C(C)(C)[C@@H](O[C@H]3O[C@@H](CO)[C@@H](O)[C@H]3O)CC[C@]2(C)[C@@H]1CC/C(C)=C/CO[C@H]1OC[C@@H](OC)[C@@H](O)[C@@H]1O. The first-order chi connectivity index (χ1) is 19.3. The maximum atomic E-state index is 10.5. The van der Waals surface area contributed by atoms with Crippen LogP contribution in [0.2, 0.25) is 0 Å². The van der Waals surface area contributed by atoms with Crippen molar-refractivity contribution in [1.82, 2.24) is 0 Å². The van der Waals surface area contributed by atoms with Crippen molar-refractivity contribution >= 4 is 0 Å². The van der Waals surface area contributed by atoms with Gasteiger partial charge in [0.25, 0.3) is 0 Å². The Morgan fingerprint density at radius 3 is 2.41 bits per heavy atom. The van der Waals surface area contributed by atoms with Crippen LogP contribution in [0.5, 0.6) is 0 Å². The zero-order chi connectivity index (χ0) is 30.1. The van der Waals surface area contributed by atoms with E-state index in [9.17, 15) is 25.5 Å². The number of hydrogen-bond donors (Lipinski definition) is 5. The fourth-order valence-corrected chi connectivity index (χ4v) is 7.95. The van der Waals surface area contributed by atoms with Gasteiger partial charge in [0.2, 0.25) is 0 Å². The highest BCUT2D eigenvalue weighted by Crippen LogP contribution is 2.62. The normalized spacial score (nSPS) is 45.1. The van der Waals surface area contributed by atoms with Gasteiger partial charge in [-0.25, -0.2) is 0 Å². The maximum Gasteiger partial charge on any atom is 0.186 e. The van der Waals surface area contributed by atoms with E-state index in [-0.39, 0.29) is 36.8 Å². The average Bonchev–Trinajstić information content (AvgIpc) is 3.20. The first-order valence-corrected chi connectivity index (χ1v) is 15.1. The van der Waals surface area contributed by atoms with Gasteiger partial charge < -0.3 is 49.2 Å². The van der Waals surface area contributed by atoms with Crippen LogP contribution in [0.15, 0.2) is 23.8 Å². The zero-order valence-electron chi connectivity index (χ0n) is 25.3. The molecule has 0 unspecified atom stereocenters. The molecule has 236 valence electrons. The third-order valence-electron chi connectivity index (χ3n) is 10.6. The largest absolute Gasteiger partial charge is 0.394 e. The third kappa shape index (κ3) is 6.62. The fourth-order valence-electron chi connectivity index (χ4n) is 7.95. The highest BCUT2D eigenvalue weighted by atomic mass is 16.7. The highest BCUT2D eigenvalue weighted by Gasteiger charge is 2.57. The predicted molar refractivity (Wildman–Crippen MR) is 151 cm³/mol. The van der Waals surface area contributed by atoms with E-state index in [1.165, 1.54) is 18.3 Å². The third-order valence-corrected chi connectivity index (χ3v) is 10.6. The summed E-state index contributed by atoms with van der Waals surface area (Å²) in [7, 11) is 1.47. The Morgan fingerprint density at radius 1 is 1.05 bits per heavy atom. The van der Waals surface area contributed by atoms with E-state index in [1.807, 2.05) is 6.08 Å². The summed E-state index contributed by atoms with van der Waals surface area (Å²) in [4.78, 5) is 0. The Balaban J connectivity index is 1.34. The second-order valence-electron chi connectivity index (χ2n) is 13.4. The zero-order valence-corrected chi connectivity index (χ0v) is 25.3. The van der Waals surface area contributed by atoms with Crippen molar-refractivity contribution in [2.75, 3.05) is 26.9 Å². The van der Waals surface area contributed by atoms with Crippen molar-refractivity contribution in [1.29, 1.82) is 0 Å². The van der Waals surface area contributed by atoms with Gasteiger partial charge in [-0.2, -0.15) is 0 Å². The molecule has 10 heteroatoms. The van der Waals surface area contributed by atoms with Gasteiger partial charge >= 0.3 is 0 Å². The summed E-state index contributed by atoms with van der Waals surface area (Å²) in [5.74, 6) is 0.727. The van der Waals surface area contributed by atoms with E-state index in [0.29, 0.717) is 11.8 Å². The summed E-state index contributed by atoms with van der Waals surface area (Å²) < 4.78 is 28.3. The minimum absolute atomic E-state index is 0.0475. The van der Waals surface area contributed by atoms with Crippen molar-refractivity contribution in [3.63, 3.8) is 0 Å².